The van der Waals surface area contributed by atoms with Gasteiger partial charge in [0.15, 0.2) is 10.8 Å². The van der Waals surface area contributed by atoms with Crippen LogP contribution in [0.2, 0.25) is 0 Å². The standard InChI is InChI=1S/C58H63N9O7S/c1-34(20-21-36-26-29-66(30-27-36)33-50(69)59-45-17-10-15-41-51(64-65(6)53(41)45)42-23-25-49(68)62-55(42)71)73-46-18-11-13-38(35(46)2)39-22-24-48(61-52(39)56(72)74-58(3,4)5)67-31-28-37-12-9-14-40(43(37)32-67)54(70)63-57-60-44-16-7-8-19-47(44)75-57/h7-19,22,24,34,36,42H,20-21,23,25-33H2,1-6H3,(H,59,69)(H,60,63,70)(H,62,68,71). The van der Waals surface area contributed by atoms with Gasteiger partial charge in [-0.05, 0) is 157 Å². The zero-order chi connectivity index (χ0) is 52.5. The summed E-state index contributed by atoms with van der Waals surface area (Å²) in [5.41, 5.74) is 7.21. The van der Waals surface area contributed by atoms with Crippen molar-refractivity contribution in [3.63, 3.8) is 0 Å². The molecule has 3 aromatic heterocycles. The van der Waals surface area contributed by atoms with Gasteiger partial charge in [0.1, 0.15) is 17.2 Å². The quantitative estimate of drug-likeness (QED) is 0.0692. The predicted octanol–water partition coefficient (Wildman–Crippen LogP) is 9.74. The number of hydrogen-bond acceptors (Lipinski definition) is 13. The Balaban J connectivity index is 0.762. The third-order valence-electron chi connectivity index (χ3n) is 14.5. The number of ether oxygens (including phenoxy) is 2. The number of benzene rings is 4. The van der Waals surface area contributed by atoms with Gasteiger partial charge >= 0.3 is 5.97 Å². The van der Waals surface area contributed by atoms with Crippen molar-refractivity contribution >= 4 is 78.7 Å². The fraction of sp³-hybridized carbons (Fsp3) is 0.379. The molecule has 10 rings (SSSR count). The molecule has 0 spiro atoms. The maximum Gasteiger partial charge on any atom is 0.358 e. The number of carbonyl (C=O) groups excluding carboxylic acids is 5. The first-order valence-corrected chi connectivity index (χ1v) is 26.7. The molecule has 0 saturated carbocycles. The Morgan fingerprint density at radius 1 is 0.867 bits per heavy atom. The number of carbonyl (C=O) groups is 5. The molecule has 7 aromatic rings. The van der Waals surface area contributed by atoms with Crippen LogP contribution < -0.4 is 25.6 Å². The third kappa shape index (κ3) is 11.3. The number of fused-ring (bicyclic) bond motifs is 3. The largest absolute Gasteiger partial charge is 0.490 e. The molecule has 2 fully saturated rings. The van der Waals surface area contributed by atoms with E-state index < -0.39 is 17.5 Å². The second kappa shape index (κ2) is 21.4. The van der Waals surface area contributed by atoms with Crippen LogP contribution in [0.3, 0.4) is 0 Å². The van der Waals surface area contributed by atoms with E-state index in [1.165, 1.54) is 11.3 Å². The number of thiazole rings is 1. The van der Waals surface area contributed by atoms with Crippen LogP contribution in [0.5, 0.6) is 5.75 Å². The molecule has 6 heterocycles. The van der Waals surface area contributed by atoms with Crippen LogP contribution >= 0.6 is 11.3 Å². The number of likely N-dealkylation sites (tertiary alicyclic amines) is 1. The summed E-state index contributed by atoms with van der Waals surface area (Å²) in [5.74, 6) is -0.154. The van der Waals surface area contributed by atoms with E-state index in [2.05, 4.69) is 48.8 Å². The van der Waals surface area contributed by atoms with E-state index in [4.69, 9.17) is 14.5 Å². The van der Waals surface area contributed by atoms with Crippen molar-refractivity contribution in [2.45, 2.75) is 104 Å². The lowest BCUT2D eigenvalue weighted by atomic mass is 9.91. The van der Waals surface area contributed by atoms with E-state index in [9.17, 15) is 24.0 Å². The first-order chi connectivity index (χ1) is 36.0. The number of aromatic nitrogens is 4. The number of esters is 1. The van der Waals surface area contributed by atoms with Crippen molar-refractivity contribution < 1.29 is 33.4 Å². The van der Waals surface area contributed by atoms with Crippen molar-refractivity contribution in [2.24, 2.45) is 13.0 Å². The first kappa shape index (κ1) is 51.0. The van der Waals surface area contributed by atoms with Crippen LogP contribution in [0.1, 0.15) is 115 Å². The number of nitrogens with one attached hydrogen (secondary N) is 3. The monoisotopic (exact) mass is 1030 g/mol. The predicted molar refractivity (Wildman–Crippen MR) is 291 cm³/mol. The van der Waals surface area contributed by atoms with Crippen molar-refractivity contribution in [1.29, 1.82) is 0 Å². The highest BCUT2D eigenvalue weighted by Crippen LogP contribution is 2.37. The fourth-order valence-electron chi connectivity index (χ4n) is 10.7. The summed E-state index contributed by atoms with van der Waals surface area (Å²) in [6, 6.07) is 29.0. The Labute approximate surface area is 440 Å². The van der Waals surface area contributed by atoms with Gasteiger partial charge in [-0.25, -0.2) is 14.8 Å². The van der Waals surface area contributed by atoms with Crippen LogP contribution in [-0.2, 0) is 39.1 Å². The molecular weight excluding hydrogens is 967 g/mol. The minimum absolute atomic E-state index is 0.0750. The van der Waals surface area contributed by atoms with Gasteiger partial charge in [-0.15, -0.1) is 0 Å². The number of piperidine rings is 2. The summed E-state index contributed by atoms with van der Waals surface area (Å²) < 4.78 is 15.3. The molecule has 2 saturated heterocycles. The number of pyridine rings is 1. The van der Waals surface area contributed by atoms with Crippen LogP contribution in [0, 0.1) is 12.8 Å². The Morgan fingerprint density at radius 3 is 2.44 bits per heavy atom. The number of rotatable bonds is 14. The number of amides is 4. The average Bonchev–Trinajstić information content (AvgIpc) is 3.98. The summed E-state index contributed by atoms with van der Waals surface area (Å²) in [4.78, 5) is 79.7. The normalized spacial score (nSPS) is 16.9. The summed E-state index contributed by atoms with van der Waals surface area (Å²) >= 11 is 1.44. The molecule has 75 heavy (non-hydrogen) atoms. The van der Waals surface area contributed by atoms with E-state index >= 15 is 0 Å². The molecule has 0 aliphatic carbocycles. The molecule has 0 bridgehead atoms. The highest BCUT2D eigenvalue weighted by molar-refractivity contribution is 7.22. The molecule has 388 valence electrons. The summed E-state index contributed by atoms with van der Waals surface area (Å²) in [6.45, 7) is 12.6. The van der Waals surface area contributed by atoms with Gasteiger partial charge in [0, 0.05) is 43.1 Å². The summed E-state index contributed by atoms with van der Waals surface area (Å²) in [6.07, 6.45) is 5.08. The highest BCUT2D eigenvalue weighted by atomic mass is 32.1. The summed E-state index contributed by atoms with van der Waals surface area (Å²) in [7, 11) is 1.80. The lowest BCUT2D eigenvalue weighted by Crippen LogP contribution is -2.39. The van der Waals surface area contributed by atoms with Crippen LogP contribution in [0.15, 0.2) is 91.0 Å². The van der Waals surface area contributed by atoms with Crippen molar-refractivity contribution in [3.8, 4) is 16.9 Å². The zero-order valence-electron chi connectivity index (χ0n) is 43.3. The number of anilines is 3. The molecule has 3 aliphatic heterocycles. The van der Waals surface area contributed by atoms with Crippen LogP contribution in [-0.4, -0.2) is 92.1 Å². The molecule has 3 N–H and O–H groups in total. The number of imide groups is 1. The minimum atomic E-state index is -0.757. The number of hydrogen-bond donors (Lipinski definition) is 3. The van der Waals surface area contributed by atoms with Crippen molar-refractivity contribution in [1.82, 2.24) is 30.0 Å². The maximum atomic E-state index is 14.1. The SMILES string of the molecule is Cc1c(OC(C)CCC2CCN(CC(=O)Nc3cccc4c(C5CCC(=O)NC5=O)nn(C)c34)CC2)cccc1-c1ccc(N2CCc3cccc(C(=O)Nc4nc5ccccc5s4)c3C2)nc1C(=O)OC(C)(C)C. The average molecular weight is 1030 g/mol. The second-order valence-electron chi connectivity index (χ2n) is 21.0. The number of para-hydroxylation sites is 2. The van der Waals surface area contributed by atoms with Crippen LogP contribution in [0.25, 0.3) is 32.2 Å². The maximum absolute atomic E-state index is 14.1. The van der Waals surface area contributed by atoms with Crippen molar-refractivity contribution in [2.75, 3.05) is 41.7 Å². The van der Waals surface area contributed by atoms with Gasteiger partial charge in [0.05, 0.1) is 45.7 Å². The minimum Gasteiger partial charge on any atom is -0.490 e. The smallest absolute Gasteiger partial charge is 0.358 e. The van der Waals surface area contributed by atoms with E-state index in [0.29, 0.717) is 65.3 Å². The fourth-order valence-corrected chi connectivity index (χ4v) is 11.5. The van der Waals surface area contributed by atoms with E-state index in [-0.39, 0.29) is 48.4 Å². The van der Waals surface area contributed by atoms with Gasteiger partial charge in [0.25, 0.3) is 5.91 Å². The number of nitrogens with zero attached hydrogens (tertiary/aromatic N) is 6. The van der Waals surface area contributed by atoms with E-state index in [1.54, 1.807) is 11.7 Å². The molecule has 4 amide bonds. The second-order valence-corrected chi connectivity index (χ2v) is 22.1. The molecule has 2 atom stereocenters. The molecular formula is C58H63N9O7S. The first-order valence-electron chi connectivity index (χ1n) is 25.9. The highest BCUT2D eigenvalue weighted by Gasteiger charge is 2.33. The van der Waals surface area contributed by atoms with Gasteiger partial charge in [-0.3, -0.25) is 39.4 Å². The zero-order valence-corrected chi connectivity index (χ0v) is 44.1. The van der Waals surface area contributed by atoms with Gasteiger partial charge in [-0.1, -0.05) is 59.9 Å². The van der Waals surface area contributed by atoms with Crippen molar-refractivity contribution in [3.05, 3.63) is 125 Å². The Kier molecular flexibility index (Phi) is 14.5. The van der Waals surface area contributed by atoms with Gasteiger partial charge < -0.3 is 19.7 Å². The Bertz CT molecular complexity index is 3320. The van der Waals surface area contributed by atoms with E-state index in [0.717, 1.165) is 87.9 Å². The summed E-state index contributed by atoms with van der Waals surface area (Å²) in [5, 5.41) is 14.5. The van der Waals surface area contributed by atoms with E-state index in [1.807, 2.05) is 113 Å². The number of aryl methyl sites for hydroxylation is 1. The van der Waals surface area contributed by atoms with Crippen LogP contribution in [0.4, 0.5) is 16.6 Å². The van der Waals surface area contributed by atoms with Gasteiger partial charge in [-0.2, -0.15) is 5.10 Å². The molecule has 2 unspecified atom stereocenters. The molecule has 3 aliphatic rings. The molecule has 4 aromatic carbocycles. The Morgan fingerprint density at radius 2 is 1.65 bits per heavy atom. The molecule has 17 heteroatoms. The lowest BCUT2D eigenvalue weighted by Gasteiger charge is -2.32. The molecule has 0 radical (unpaired) electrons. The Hall–Kier alpha value is -7.50. The molecule has 16 nitrogen and oxygen atoms in total. The topological polar surface area (TPSA) is 190 Å². The van der Waals surface area contributed by atoms with Gasteiger partial charge in [0.2, 0.25) is 17.7 Å². The third-order valence-corrected chi connectivity index (χ3v) is 15.5. The lowest BCUT2D eigenvalue weighted by molar-refractivity contribution is -0.134.